The van der Waals surface area contributed by atoms with Gasteiger partial charge in [-0.25, -0.2) is 8.78 Å². The number of rotatable bonds is 5. The Labute approximate surface area is 103 Å². The summed E-state index contributed by atoms with van der Waals surface area (Å²) >= 11 is 1.47. The van der Waals surface area contributed by atoms with E-state index >= 15 is 0 Å². The maximum absolute atomic E-state index is 13.2. The zero-order valence-electron chi connectivity index (χ0n) is 9.72. The predicted molar refractivity (Wildman–Crippen MR) is 68.6 cm³/mol. The number of hydrogen-bond acceptors (Lipinski definition) is 2. The molecule has 2 aromatic rings. The van der Waals surface area contributed by atoms with E-state index in [0.29, 0.717) is 0 Å². The Morgan fingerprint density at radius 2 is 1.94 bits per heavy atom. The van der Waals surface area contributed by atoms with E-state index in [0.717, 1.165) is 41.6 Å². The van der Waals surface area contributed by atoms with Gasteiger partial charge in [0.15, 0.2) is 11.6 Å². The molecule has 0 bridgehead atoms. The molecule has 0 atom stereocenters. The monoisotopic (exact) mass is 255 g/mol. The smallest absolute Gasteiger partial charge is 0.160 e. The van der Waals surface area contributed by atoms with Gasteiger partial charge >= 0.3 is 0 Å². The van der Waals surface area contributed by atoms with Gasteiger partial charge in [-0.3, -0.25) is 0 Å². The van der Waals surface area contributed by atoms with Crippen LogP contribution in [0.1, 0.15) is 18.9 Å². The van der Waals surface area contributed by atoms with Crippen LogP contribution < -0.4 is 5.32 Å². The summed E-state index contributed by atoms with van der Waals surface area (Å²) in [7, 11) is 0. The van der Waals surface area contributed by atoms with Crippen molar-refractivity contribution in [1.29, 1.82) is 0 Å². The molecule has 92 valence electrons. The summed E-state index contributed by atoms with van der Waals surface area (Å²) in [5.41, 5.74) is 1.09. The molecule has 1 heterocycles. The van der Waals surface area contributed by atoms with Crippen LogP contribution in [0.5, 0.6) is 0 Å². The Morgan fingerprint density at radius 3 is 2.71 bits per heavy atom. The summed E-state index contributed by atoms with van der Waals surface area (Å²) in [5.74, 6) is -1.53. The zero-order chi connectivity index (χ0) is 12.3. The van der Waals surface area contributed by atoms with Gasteiger partial charge in [-0.1, -0.05) is 6.92 Å². The average molecular weight is 255 g/mol. The minimum absolute atomic E-state index is 0.765. The van der Waals surface area contributed by atoms with E-state index in [9.17, 15) is 8.78 Å². The molecule has 0 aliphatic heterocycles. The van der Waals surface area contributed by atoms with Gasteiger partial charge in [0.25, 0.3) is 0 Å². The Morgan fingerprint density at radius 1 is 1.18 bits per heavy atom. The van der Waals surface area contributed by atoms with Crippen LogP contribution in [0, 0.1) is 11.6 Å². The molecule has 2 rings (SSSR count). The Bertz CT molecular complexity index is 507. The molecule has 17 heavy (non-hydrogen) atoms. The molecule has 1 aromatic carbocycles. The lowest BCUT2D eigenvalue weighted by Crippen LogP contribution is -2.17. The quantitative estimate of drug-likeness (QED) is 0.803. The molecule has 1 N–H and O–H groups in total. The van der Waals surface area contributed by atoms with E-state index in [4.69, 9.17) is 0 Å². The van der Waals surface area contributed by atoms with E-state index in [2.05, 4.69) is 12.2 Å². The molecule has 0 radical (unpaired) electrons. The van der Waals surface area contributed by atoms with Gasteiger partial charge in [-0.15, -0.1) is 11.3 Å². The summed E-state index contributed by atoms with van der Waals surface area (Å²) < 4.78 is 27.0. The molecule has 0 saturated carbocycles. The first-order valence-corrected chi connectivity index (χ1v) is 6.66. The van der Waals surface area contributed by atoms with Crippen molar-refractivity contribution >= 4 is 21.4 Å². The van der Waals surface area contributed by atoms with Crippen LogP contribution in [0.2, 0.25) is 0 Å². The van der Waals surface area contributed by atoms with Crippen molar-refractivity contribution in [1.82, 2.24) is 5.32 Å². The van der Waals surface area contributed by atoms with Gasteiger partial charge in [-0.05, 0) is 54.4 Å². The summed E-state index contributed by atoms with van der Waals surface area (Å²) in [6.07, 6.45) is 1.95. The third kappa shape index (κ3) is 2.82. The minimum Gasteiger partial charge on any atom is -0.316 e. The summed E-state index contributed by atoms with van der Waals surface area (Å²) in [6, 6.07) is 2.58. The van der Waals surface area contributed by atoms with Crippen LogP contribution in [0.15, 0.2) is 17.5 Å². The molecule has 0 spiro atoms. The second-order valence-electron chi connectivity index (χ2n) is 4.02. The van der Waals surface area contributed by atoms with Crippen molar-refractivity contribution in [3.05, 3.63) is 34.7 Å². The van der Waals surface area contributed by atoms with E-state index in [1.807, 2.05) is 5.38 Å². The molecule has 0 aliphatic rings. The second kappa shape index (κ2) is 5.56. The second-order valence-corrected chi connectivity index (χ2v) is 4.93. The SMILES string of the molecule is CCCNCCc1csc2cc(F)c(F)cc12. The Hall–Kier alpha value is -1.00. The molecule has 0 amide bonds. The normalized spacial score (nSPS) is 11.2. The van der Waals surface area contributed by atoms with E-state index in [1.54, 1.807) is 0 Å². The lowest BCUT2D eigenvalue weighted by molar-refractivity contribution is 0.511. The third-order valence-corrected chi connectivity index (χ3v) is 3.69. The average Bonchev–Trinajstić information content (AvgIpc) is 2.68. The highest BCUT2D eigenvalue weighted by Gasteiger charge is 2.09. The first-order valence-electron chi connectivity index (χ1n) is 5.78. The molecular weight excluding hydrogens is 240 g/mol. The third-order valence-electron chi connectivity index (χ3n) is 2.69. The highest BCUT2D eigenvalue weighted by Crippen LogP contribution is 2.28. The van der Waals surface area contributed by atoms with Gasteiger partial charge in [0.1, 0.15) is 0 Å². The largest absolute Gasteiger partial charge is 0.316 e. The van der Waals surface area contributed by atoms with Crippen molar-refractivity contribution in [3.63, 3.8) is 0 Å². The summed E-state index contributed by atoms with van der Waals surface area (Å²) in [5, 5.41) is 6.12. The summed E-state index contributed by atoms with van der Waals surface area (Å²) in [6.45, 7) is 3.98. The molecule has 0 fully saturated rings. The van der Waals surface area contributed by atoms with E-state index in [-0.39, 0.29) is 0 Å². The molecule has 1 aromatic heterocycles. The van der Waals surface area contributed by atoms with Gasteiger partial charge in [0.2, 0.25) is 0 Å². The highest BCUT2D eigenvalue weighted by atomic mass is 32.1. The fraction of sp³-hybridized carbons (Fsp3) is 0.385. The number of nitrogens with one attached hydrogen (secondary N) is 1. The number of hydrogen-bond donors (Lipinski definition) is 1. The lowest BCUT2D eigenvalue weighted by Gasteiger charge is -2.02. The first-order chi connectivity index (χ1) is 8.22. The van der Waals surface area contributed by atoms with Crippen molar-refractivity contribution in [3.8, 4) is 0 Å². The van der Waals surface area contributed by atoms with Crippen molar-refractivity contribution in [2.45, 2.75) is 19.8 Å². The highest BCUT2D eigenvalue weighted by molar-refractivity contribution is 7.17. The van der Waals surface area contributed by atoms with Crippen molar-refractivity contribution in [2.24, 2.45) is 0 Å². The molecular formula is C13H15F2NS. The van der Waals surface area contributed by atoms with Gasteiger partial charge in [0, 0.05) is 4.70 Å². The maximum atomic E-state index is 13.2. The number of thiophene rings is 1. The topological polar surface area (TPSA) is 12.0 Å². The van der Waals surface area contributed by atoms with Crippen LogP contribution in [-0.2, 0) is 6.42 Å². The maximum Gasteiger partial charge on any atom is 0.160 e. The Kier molecular flexibility index (Phi) is 4.07. The first kappa shape index (κ1) is 12.5. The van der Waals surface area contributed by atoms with Crippen LogP contribution >= 0.6 is 11.3 Å². The van der Waals surface area contributed by atoms with Gasteiger partial charge < -0.3 is 5.32 Å². The molecule has 0 unspecified atom stereocenters. The Balaban J connectivity index is 2.15. The fourth-order valence-electron chi connectivity index (χ4n) is 1.79. The molecule has 0 aliphatic carbocycles. The number of halogens is 2. The minimum atomic E-state index is -0.769. The number of fused-ring (bicyclic) bond motifs is 1. The van der Waals surface area contributed by atoms with Crippen LogP contribution in [0.25, 0.3) is 10.1 Å². The fourth-order valence-corrected chi connectivity index (χ4v) is 2.80. The summed E-state index contributed by atoms with van der Waals surface area (Å²) in [4.78, 5) is 0. The molecule has 1 nitrogen and oxygen atoms in total. The van der Waals surface area contributed by atoms with Crippen LogP contribution in [-0.4, -0.2) is 13.1 Å². The molecule has 0 saturated heterocycles. The standard InChI is InChI=1S/C13H15F2NS/c1-2-4-16-5-3-9-8-17-13-7-12(15)11(14)6-10(9)13/h6-8,16H,2-5H2,1H3. The van der Waals surface area contributed by atoms with Gasteiger partial charge in [-0.2, -0.15) is 0 Å². The van der Waals surface area contributed by atoms with Crippen molar-refractivity contribution < 1.29 is 8.78 Å². The van der Waals surface area contributed by atoms with Gasteiger partial charge in [0.05, 0.1) is 0 Å². The predicted octanol–water partition coefficient (Wildman–Crippen LogP) is 3.72. The van der Waals surface area contributed by atoms with Crippen LogP contribution in [0.4, 0.5) is 8.78 Å². The number of benzene rings is 1. The lowest BCUT2D eigenvalue weighted by atomic mass is 10.1. The van der Waals surface area contributed by atoms with Crippen molar-refractivity contribution in [2.75, 3.05) is 13.1 Å². The zero-order valence-corrected chi connectivity index (χ0v) is 10.5. The van der Waals surface area contributed by atoms with E-state index < -0.39 is 11.6 Å². The van der Waals surface area contributed by atoms with Crippen LogP contribution in [0.3, 0.4) is 0 Å². The van der Waals surface area contributed by atoms with E-state index in [1.165, 1.54) is 23.5 Å². The molecule has 4 heteroatoms.